The minimum Gasteiger partial charge on any atom is -0.475 e. The molecule has 0 spiro atoms. The molecule has 2 aliphatic heterocycles. The zero-order valence-corrected chi connectivity index (χ0v) is 20.7. The lowest BCUT2D eigenvalue weighted by Gasteiger charge is -2.46. The Morgan fingerprint density at radius 2 is 1.80 bits per heavy atom. The third-order valence-electron chi connectivity index (χ3n) is 6.11. The number of benzene rings is 1. The van der Waals surface area contributed by atoms with E-state index in [0.717, 1.165) is 61.4 Å². The van der Waals surface area contributed by atoms with E-state index in [2.05, 4.69) is 33.8 Å². The zero-order valence-electron chi connectivity index (χ0n) is 19.2. The summed E-state index contributed by atoms with van der Waals surface area (Å²) in [5.74, 6) is -1.84. The van der Waals surface area contributed by atoms with Gasteiger partial charge in [-0.15, -0.1) is 0 Å². The fourth-order valence-corrected chi connectivity index (χ4v) is 4.77. The van der Waals surface area contributed by atoms with E-state index in [1.165, 1.54) is 5.56 Å². The van der Waals surface area contributed by atoms with Crippen molar-refractivity contribution >= 4 is 35.0 Å². The third kappa shape index (κ3) is 7.96. The van der Waals surface area contributed by atoms with Gasteiger partial charge in [0, 0.05) is 42.9 Å². The molecule has 2 aromatic rings. The number of hydrogen-bond acceptors (Lipinski definition) is 5. The Morgan fingerprint density at radius 1 is 1.17 bits per heavy atom. The Kier molecular flexibility index (Phi) is 9.63. The molecule has 35 heavy (non-hydrogen) atoms. The number of carboxylic acid groups (broad SMARTS) is 1. The maximum atomic E-state index is 10.6. The van der Waals surface area contributed by atoms with Crippen LogP contribution in [0.15, 0.2) is 42.6 Å². The summed E-state index contributed by atoms with van der Waals surface area (Å²) in [5, 5.41) is 8.65. The van der Waals surface area contributed by atoms with Crippen molar-refractivity contribution in [2.75, 3.05) is 31.1 Å². The Balaban J connectivity index is 0.000000429. The molecule has 1 aromatic heterocycles. The maximum absolute atomic E-state index is 10.6. The van der Waals surface area contributed by atoms with E-state index in [0.29, 0.717) is 12.1 Å². The van der Waals surface area contributed by atoms with Crippen LogP contribution in [0.3, 0.4) is 0 Å². The Hall–Kier alpha value is -2.07. The van der Waals surface area contributed by atoms with Crippen LogP contribution in [0, 0.1) is 0 Å². The van der Waals surface area contributed by atoms with Gasteiger partial charge in [-0.3, -0.25) is 4.90 Å². The highest BCUT2D eigenvalue weighted by molar-refractivity contribution is 6.32. The SMILES string of the molecule is C[C@H]1CN(C2CCN(c3ncccc3Cl)CC2)[C@@H](Cc2ccc(Cl)cc2)CO1.O=C(O)C(F)(F)F. The van der Waals surface area contributed by atoms with Crippen LogP contribution in [0.1, 0.15) is 25.3 Å². The summed E-state index contributed by atoms with van der Waals surface area (Å²) < 4.78 is 37.7. The number of alkyl halides is 3. The number of anilines is 1. The van der Waals surface area contributed by atoms with Crippen LogP contribution in [0.2, 0.25) is 10.0 Å². The Labute approximate surface area is 212 Å². The molecule has 11 heteroatoms. The number of carbonyl (C=O) groups is 1. The quantitative estimate of drug-likeness (QED) is 0.573. The molecule has 2 fully saturated rings. The molecule has 4 rings (SSSR count). The van der Waals surface area contributed by atoms with E-state index < -0.39 is 12.1 Å². The lowest BCUT2D eigenvalue weighted by atomic mass is 9.96. The van der Waals surface area contributed by atoms with Gasteiger partial charge in [0.15, 0.2) is 0 Å². The number of rotatable bonds is 4. The van der Waals surface area contributed by atoms with Crippen molar-refractivity contribution < 1.29 is 27.8 Å². The highest BCUT2D eigenvalue weighted by atomic mass is 35.5. The predicted molar refractivity (Wildman–Crippen MR) is 129 cm³/mol. The molecule has 0 bridgehead atoms. The molecule has 2 aliphatic rings. The van der Waals surface area contributed by atoms with Crippen molar-refractivity contribution in [3.05, 3.63) is 58.2 Å². The number of nitrogens with zero attached hydrogens (tertiary/aromatic N) is 3. The molecule has 0 unspecified atom stereocenters. The zero-order chi connectivity index (χ0) is 25.6. The normalized spacial score (nSPS) is 21.8. The average molecular weight is 534 g/mol. The lowest BCUT2D eigenvalue weighted by Crippen LogP contribution is -2.56. The summed E-state index contributed by atoms with van der Waals surface area (Å²) in [6, 6.07) is 13.0. The minimum atomic E-state index is -5.08. The molecule has 0 radical (unpaired) electrons. The second kappa shape index (κ2) is 12.3. The number of piperidine rings is 1. The number of pyridine rings is 1. The molecule has 2 atom stereocenters. The van der Waals surface area contributed by atoms with E-state index in [4.69, 9.17) is 37.8 Å². The van der Waals surface area contributed by atoms with Crippen molar-refractivity contribution in [3.63, 3.8) is 0 Å². The van der Waals surface area contributed by atoms with Gasteiger partial charge in [0.05, 0.1) is 17.7 Å². The number of halogens is 5. The molecule has 0 aliphatic carbocycles. The third-order valence-corrected chi connectivity index (χ3v) is 6.66. The van der Waals surface area contributed by atoms with E-state index in [9.17, 15) is 13.2 Å². The number of carboxylic acids is 1. The molecule has 3 heterocycles. The van der Waals surface area contributed by atoms with Crippen LogP contribution >= 0.6 is 23.2 Å². The topological polar surface area (TPSA) is 65.9 Å². The van der Waals surface area contributed by atoms with Crippen molar-refractivity contribution in [1.29, 1.82) is 0 Å². The predicted octanol–water partition coefficient (Wildman–Crippen LogP) is 5.32. The first kappa shape index (κ1) is 27.5. The largest absolute Gasteiger partial charge is 0.490 e. The summed E-state index contributed by atoms with van der Waals surface area (Å²) in [4.78, 5) is 18.4. The number of ether oxygens (including phenoxy) is 1. The monoisotopic (exact) mass is 533 g/mol. The number of hydrogen-bond donors (Lipinski definition) is 1. The minimum absolute atomic E-state index is 0.282. The van der Waals surface area contributed by atoms with Crippen LogP contribution < -0.4 is 4.90 Å². The summed E-state index contributed by atoms with van der Waals surface area (Å²) >= 11 is 12.4. The lowest BCUT2D eigenvalue weighted by molar-refractivity contribution is -0.192. The van der Waals surface area contributed by atoms with Gasteiger partial charge in [0.25, 0.3) is 0 Å². The highest BCUT2D eigenvalue weighted by Gasteiger charge is 2.38. The van der Waals surface area contributed by atoms with Gasteiger partial charge in [-0.1, -0.05) is 35.3 Å². The van der Waals surface area contributed by atoms with Crippen LogP contribution in [0.25, 0.3) is 0 Å². The van der Waals surface area contributed by atoms with Crippen LogP contribution in [0.5, 0.6) is 0 Å². The maximum Gasteiger partial charge on any atom is 0.490 e. The summed E-state index contributed by atoms with van der Waals surface area (Å²) in [6.07, 6.45) is 0.257. The molecule has 1 N–H and O–H groups in total. The van der Waals surface area contributed by atoms with E-state index >= 15 is 0 Å². The van der Waals surface area contributed by atoms with Gasteiger partial charge in [0.2, 0.25) is 0 Å². The van der Waals surface area contributed by atoms with Crippen molar-refractivity contribution in [2.45, 2.75) is 50.6 Å². The first-order chi connectivity index (χ1) is 16.5. The number of morpholine rings is 1. The Morgan fingerprint density at radius 3 is 2.37 bits per heavy atom. The molecule has 6 nitrogen and oxygen atoms in total. The molecule has 192 valence electrons. The number of aliphatic carboxylic acids is 1. The molecule has 0 amide bonds. The second-order valence-corrected chi connectivity index (χ2v) is 9.50. The van der Waals surface area contributed by atoms with E-state index in [-0.39, 0.29) is 6.10 Å². The van der Waals surface area contributed by atoms with Crippen molar-refractivity contribution in [3.8, 4) is 0 Å². The van der Waals surface area contributed by atoms with Gasteiger partial charge >= 0.3 is 12.1 Å². The van der Waals surface area contributed by atoms with Gasteiger partial charge < -0.3 is 14.7 Å². The molecule has 0 saturated carbocycles. The first-order valence-corrected chi connectivity index (χ1v) is 12.1. The van der Waals surface area contributed by atoms with E-state index in [1.54, 1.807) is 0 Å². The first-order valence-electron chi connectivity index (χ1n) is 11.3. The highest BCUT2D eigenvalue weighted by Crippen LogP contribution is 2.29. The fraction of sp³-hybridized carbons (Fsp3) is 0.500. The summed E-state index contributed by atoms with van der Waals surface area (Å²) in [6.45, 7) is 5.93. The van der Waals surface area contributed by atoms with Crippen LogP contribution in [-0.2, 0) is 16.0 Å². The van der Waals surface area contributed by atoms with Crippen molar-refractivity contribution in [2.24, 2.45) is 0 Å². The van der Waals surface area contributed by atoms with Crippen LogP contribution in [-0.4, -0.2) is 71.6 Å². The van der Waals surface area contributed by atoms with Gasteiger partial charge in [-0.2, -0.15) is 13.2 Å². The summed E-state index contributed by atoms with van der Waals surface area (Å²) in [7, 11) is 0. The van der Waals surface area contributed by atoms with Gasteiger partial charge in [-0.05, 0) is 56.0 Å². The summed E-state index contributed by atoms with van der Waals surface area (Å²) in [5.41, 5.74) is 1.32. The average Bonchev–Trinajstić information content (AvgIpc) is 2.82. The Bertz CT molecular complexity index is 970. The molecule has 1 aromatic carbocycles. The smallest absolute Gasteiger partial charge is 0.475 e. The molecular formula is C24H28Cl2F3N3O3. The van der Waals surface area contributed by atoms with Crippen LogP contribution in [0.4, 0.5) is 19.0 Å². The van der Waals surface area contributed by atoms with Gasteiger partial charge in [-0.25, -0.2) is 9.78 Å². The fourth-order valence-electron chi connectivity index (χ4n) is 4.41. The molecule has 2 saturated heterocycles. The second-order valence-electron chi connectivity index (χ2n) is 8.66. The standard InChI is InChI=1S/C22H27Cl2N3O.C2HF3O2/c1-16-14-27(20(15-28-16)13-17-4-6-18(23)7-5-17)19-8-11-26(12-9-19)22-21(24)3-2-10-25-22;3-2(4,5)1(6)7/h2-7,10,16,19-20H,8-9,11-15H2,1H3;(H,6,7)/t16-,20-;/m0./s1. The van der Waals surface area contributed by atoms with Crippen molar-refractivity contribution in [1.82, 2.24) is 9.88 Å². The van der Waals surface area contributed by atoms with Gasteiger partial charge in [0.1, 0.15) is 5.82 Å². The molecular weight excluding hydrogens is 506 g/mol. The number of aromatic nitrogens is 1. The van der Waals surface area contributed by atoms with E-state index in [1.807, 2.05) is 30.5 Å².